The van der Waals surface area contributed by atoms with Crippen LogP contribution in [0, 0.1) is 0 Å². The zero-order valence-electron chi connectivity index (χ0n) is 26.6. The largest absolute Gasteiger partial charge is 0.309 e. The highest BCUT2D eigenvalue weighted by Crippen LogP contribution is 2.53. The third-order valence-electron chi connectivity index (χ3n) is 10.8. The molecular formula is C46H33N. The molecule has 0 atom stereocenters. The number of fused-ring (bicyclic) bond motifs is 9. The third-order valence-corrected chi connectivity index (χ3v) is 10.8. The summed E-state index contributed by atoms with van der Waals surface area (Å²) < 4.78 is 2.47. The first-order chi connectivity index (χ1) is 23.0. The van der Waals surface area contributed by atoms with Crippen LogP contribution in [0.4, 0.5) is 0 Å². The van der Waals surface area contributed by atoms with Crippen molar-refractivity contribution in [1.82, 2.24) is 4.57 Å². The van der Waals surface area contributed by atoms with Gasteiger partial charge in [0.25, 0.3) is 0 Å². The Morgan fingerprint density at radius 1 is 0.426 bits per heavy atom. The predicted octanol–water partition coefficient (Wildman–Crippen LogP) is 12.0. The predicted molar refractivity (Wildman–Crippen MR) is 197 cm³/mol. The minimum absolute atomic E-state index is 0.0526. The van der Waals surface area contributed by atoms with E-state index >= 15 is 0 Å². The van der Waals surface area contributed by atoms with Gasteiger partial charge >= 0.3 is 0 Å². The Morgan fingerprint density at radius 2 is 1.02 bits per heavy atom. The Kier molecular flexibility index (Phi) is 5.46. The molecule has 1 heteroatoms. The molecule has 1 aromatic heterocycles. The Bertz CT molecular complexity index is 2450. The van der Waals surface area contributed by atoms with Crippen LogP contribution in [-0.2, 0) is 11.8 Å². The Morgan fingerprint density at radius 3 is 1.68 bits per heavy atom. The summed E-state index contributed by atoms with van der Waals surface area (Å²) in [6, 6.07) is 56.5. The first kappa shape index (κ1) is 26.5. The number of rotatable bonds is 3. The molecule has 10 rings (SSSR count). The second-order valence-corrected chi connectivity index (χ2v) is 13.8. The Labute approximate surface area is 275 Å². The average Bonchev–Trinajstić information content (AvgIpc) is 3.72. The summed E-state index contributed by atoms with van der Waals surface area (Å²) in [4.78, 5) is 0. The van der Waals surface area contributed by atoms with Crippen LogP contribution >= 0.6 is 0 Å². The van der Waals surface area contributed by atoms with E-state index < -0.39 is 0 Å². The molecule has 0 bridgehead atoms. The van der Waals surface area contributed by atoms with Crippen molar-refractivity contribution >= 4 is 21.8 Å². The van der Waals surface area contributed by atoms with Crippen LogP contribution in [0.5, 0.6) is 0 Å². The summed E-state index contributed by atoms with van der Waals surface area (Å²) in [5.74, 6) is 0. The van der Waals surface area contributed by atoms with Crippen molar-refractivity contribution in [3.8, 4) is 50.2 Å². The van der Waals surface area contributed by atoms with Gasteiger partial charge in [0.05, 0.1) is 11.0 Å². The molecule has 1 nitrogen and oxygen atoms in total. The lowest BCUT2D eigenvalue weighted by molar-refractivity contribution is 0.659. The van der Waals surface area contributed by atoms with Crippen LogP contribution < -0.4 is 0 Å². The van der Waals surface area contributed by atoms with Crippen LogP contribution in [0.2, 0.25) is 0 Å². The van der Waals surface area contributed by atoms with Crippen LogP contribution in [0.1, 0.15) is 36.1 Å². The van der Waals surface area contributed by atoms with Crippen LogP contribution in [0.3, 0.4) is 0 Å². The first-order valence-electron chi connectivity index (χ1n) is 16.6. The highest BCUT2D eigenvalue weighted by atomic mass is 15.0. The second-order valence-electron chi connectivity index (χ2n) is 13.8. The molecule has 0 fully saturated rings. The minimum Gasteiger partial charge on any atom is -0.309 e. The molecule has 222 valence electrons. The molecule has 0 N–H and O–H groups in total. The highest BCUT2D eigenvalue weighted by molar-refractivity contribution is 6.11. The van der Waals surface area contributed by atoms with Gasteiger partial charge in [-0.2, -0.15) is 0 Å². The van der Waals surface area contributed by atoms with E-state index in [9.17, 15) is 0 Å². The monoisotopic (exact) mass is 599 g/mol. The molecule has 2 aliphatic carbocycles. The maximum absolute atomic E-state index is 2.50. The lowest BCUT2D eigenvalue weighted by Crippen LogP contribution is -2.15. The number of nitrogens with zero attached hydrogens (tertiary/aromatic N) is 1. The highest BCUT2D eigenvalue weighted by Gasteiger charge is 2.37. The zero-order valence-corrected chi connectivity index (χ0v) is 26.6. The second kappa shape index (κ2) is 9.67. The fourth-order valence-electron chi connectivity index (χ4n) is 8.43. The van der Waals surface area contributed by atoms with E-state index in [2.05, 4.69) is 170 Å². The molecule has 0 aliphatic heterocycles. The van der Waals surface area contributed by atoms with Gasteiger partial charge in [0, 0.05) is 21.9 Å². The summed E-state index contributed by atoms with van der Waals surface area (Å²) in [6.45, 7) is 4.78. The number of benzene rings is 7. The lowest BCUT2D eigenvalue weighted by atomic mass is 9.81. The summed E-state index contributed by atoms with van der Waals surface area (Å²) in [5, 5.41) is 2.55. The third kappa shape index (κ3) is 3.84. The SMILES string of the molecule is CC1(C)c2ccc(-n3c4ccc(-c5ccccc5)cc4c4cc(-c5ccccc5)ccc43)cc2-c2cc3c(cc21)Cc1ccccc1-3. The van der Waals surface area contributed by atoms with Gasteiger partial charge in [0.1, 0.15) is 0 Å². The van der Waals surface area contributed by atoms with Crippen molar-refractivity contribution in [1.29, 1.82) is 0 Å². The summed E-state index contributed by atoms with van der Waals surface area (Å²) in [5.41, 5.74) is 19.8. The summed E-state index contributed by atoms with van der Waals surface area (Å²) in [7, 11) is 0. The molecule has 0 amide bonds. The summed E-state index contributed by atoms with van der Waals surface area (Å²) >= 11 is 0. The number of hydrogen-bond acceptors (Lipinski definition) is 0. The molecule has 2 aliphatic rings. The minimum atomic E-state index is -0.0526. The molecule has 7 aromatic carbocycles. The first-order valence-corrected chi connectivity index (χ1v) is 16.6. The Hall–Kier alpha value is -5.66. The number of hydrogen-bond donors (Lipinski definition) is 0. The molecule has 1 heterocycles. The average molecular weight is 600 g/mol. The van der Waals surface area contributed by atoms with Gasteiger partial charge in [-0.05, 0) is 116 Å². The number of aromatic nitrogens is 1. The fourth-order valence-corrected chi connectivity index (χ4v) is 8.43. The van der Waals surface area contributed by atoms with Crippen molar-refractivity contribution in [2.45, 2.75) is 25.7 Å². The van der Waals surface area contributed by atoms with E-state index in [1.807, 2.05) is 0 Å². The quantitative estimate of drug-likeness (QED) is 0.190. The topological polar surface area (TPSA) is 4.93 Å². The van der Waals surface area contributed by atoms with Crippen molar-refractivity contribution in [3.05, 3.63) is 174 Å². The normalized spacial score (nSPS) is 13.8. The van der Waals surface area contributed by atoms with Crippen LogP contribution in [-0.4, -0.2) is 4.57 Å². The van der Waals surface area contributed by atoms with E-state index in [4.69, 9.17) is 0 Å². The lowest BCUT2D eigenvalue weighted by Gasteiger charge is -2.22. The zero-order chi connectivity index (χ0) is 31.3. The molecule has 0 radical (unpaired) electrons. The standard InChI is InChI=1S/C46H33N/c1-46(2)42-20-19-35(27-38(42)39-28-37-34(26-43(39)46)23-33-15-9-10-16-36(33)37)47-44-21-17-31(29-11-5-3-6-12-29)24-40(44)41-25-32(18-22-45(41)47)30-13-7-4-8-14-30/h3-22,24-28H,23H2,1-2H3. The van der Waals surface area contributed by atoms with E-state index in [0.717, 1.165) is 6.42 Å². The van der Waals surface area contributed by atoms with Crippen molar-refractivity contribution in [3.63, 3.8) is 0 Å². The van der Waals surface area contributed by atoms with Crippen molar-refractivity contribution in [2.24, 2.45) is 0 Å². The molecule has 0 saturated carbocycles. The fraction of sp³-hybridized carbons (Fsp3) is 0.0870. The smallest absolute Gasteiger partial charge is 0.0541 e. The van der Waals surface area contributed by atoms with Crippen molar-refractivity contribution < 1.29 is 0 Å². The van der Waals surface area contributed by atoms with Gasteiger partial charge in [-0.1, -0.05) is 123 Å². The molecule has 0 saturated heterocycles. The summed E-state index contributed by atoms with van der Waals surface area (Å²) in [6.07, 6.45) is 1.02. The van der Waals surface area contributed by atoms with E-state index in [1.165, 1.54) is 94.3 Å². The maximum Gasteiger partial charge on any atom is 0.0541 e. The molecular weight excluding hydrogens is 567 g/mol. The van der Waals surface area contributed by atoms with Gasteiger partial charge in [-0.25, -0.2) is 0 Å². The van der Waals surface area contributed by atoms with E-state index in [1.54, 1.807) is 0 Å². The van der Waals surface area contributed by atoms with Crippen LogP contribution in [0.25, 0.3) is 72.0 Å². The maximum atomic E-state index is 2.50. The van der Waals surface area contributed by atoms with Gasteiger partial charge in [0.2, 0.25) is 0 Å². The van der Waals surface area contributed by atoms with Crippen LogP contribution in [0.15, 0.2) is 152 Å². The van der Waals surface area contributed by atoms with Gasteiger partial charge in [-0.15, -0.1) is 0 Å². The van der Waals surface area contributed by atoms with Gasteiger partial charge in [0.15, 0.2) is 0 Å². The Balaban J connectivity index is 1.21. The molecule has 8 aromatic rings. The molecule has 0 unspecified atom stereocenters. The molecule has 47 heavy (non-hydrogen) atoms. The van der Waals surface area contributed by atoms with Gasteiger partial charge in [-0.3, -0.25) is 0 Å². The van der Waals surface area contributed by atoms with E-state index in [0.29, 0.717) is 0 Å². The van der Waals surface area contributed by atoms with Crippen molar-refractivity contribution in [2.75, 3.05) is 0 Å². The molecule has 0 spiro atoms. The van der Waals surface area contributed by atoms with E-state index in [-0.39, 0.29) is 5.41 Å². The van der Waals surface area contributed by atoms with Gasteiger partial charge < -0.3 is 4.57 Å².